The summed E-state index contributed by atoms with van der Waals surface area (Å²) in [6.07, 6.45) is 1.88. The molecule has 0 fully saturated rings. The van der Waals surface area contributed by atoms with Gasteiger partial charge in [0.1, 0.15) is 6.61 Å². The molecule has 0 amide bonds. The number of nitrogens with zero attached hydrogens (tertiary/aromatic N) is 2. The molecule has 5 nitrogen and oxygen atoms in total. The van der Waals surface area contributed by atoms with Gasteiger partial charge in [-0.05, 0) is 79.4 Å². The van der Waals surface area contributed by atoms with Crippen molar-refractivity contribution in [2.24, 2.45) is 0 Å². The Hall–Kier alpha value is -3.35. The van der Waals surface area contributed by atoms with Gasteiger partial charge in [-0.2, -0.15) is 0 Å². The first-order valence-corrected chi connectivity index (χ1v) is 12.2. The Kier molecular flexibility index (Phi) is 6.02. The van der Waals surface area contributed by atoms with Crippen molar-refractivity contribution in [3.8, 4) is 11.5 Å². The smallest absolute Gasteiger partial charge is 0.274 e. The Balaban J connectivity index is 1.50. The monoisotopic (exact) mass is 490 g/mol. The quantitative estimate of drug-likeness (QED) is 0.306. The van der Waals surface area contributed by atoms with E-state index in [0.29, 0.717) is 39.2 Å². The summed E-state index contributed by atoms with van der Waals surface area (Å²) in [4.78, 5) is 18.6. The van der Waals surface area contributed by atoms with Gasteiger partial charge in [-0.25, -0.2) is 9.38 Å². The Morgan fingerprint density at radius 2 is 1.82 bits per heavy atom. The van der Waals surface area contributed by atoms with Gasteiger partial charge in [0.05, 0.1) is 22.2 Å². The van der Waals surface area contributed by atoms with Crippen molar-refractivity contribution in [3.05, 3.63) is 96.8 Å². The van der Waals surface area contributed by atoms with E-state index in [-0.39, 0.29) is 5.56 Å². The van der Waals surface area contributed by atoms with Crippen LogP contribution in [0.3, 0.4) is 0 Å². The second-order valence-electron chi connectivity index (χ2n) is 8.15. The Morgan fingerprint density at radius 1 is 1.03 bits per heavy atom. The second-order valence-corrected chi connectivity index (χ2v) is 9.60. The Labute approximate surface area is 205 Å². The molecule has 5 aromatic rings. The predicted octanol–water partition coefficient (Wildman–Crippen LogP) is 5.70. The summed E-state index contributed by atoms with van der Waals surface area (Å²) >= 11 is 7.35. The maximum absolute atomic E-state index is 13.2. The largest absolute Gasteiger partial charge is 0.490 e. The first kappa shape index (κ1) is 22.4. The average Bonchev–Trinajstić information content (AvgIpc) is 3.31. The van der Waals surface area contributed by atoms with Crippen LogP contribution in [0, 0.1) is 13.8 Å². The molecule has 0 saturated heterocycles. The van der Waals surface area contributed by atoms with E-state index < -0.39 is 0 Å². The number of benzene rings is 3. The summed E-state index contributed by atoms with van der Waals surface area (Å²) in [6.45, 7) is 6.89. The lowest BCUT2D eigenvalue weighted by molar-refractivity contribution is 0.269. The molecule has 3 aromatic carbocycles. The summed E-state index contributed by atoms with van der Waals surface area (Å²) in [5.74, 6) is 1.28. The van der Waals surface area contributed by atoms with Gasteiger partial charge in [0.15, 0.2) is 16.5 Å². The molecule has 0 saturated carbocycles. The molecule has 0 spiro atoms. The number of aromatic nitrogens is 2. The van der Waals surface area contributed by atoms with E-state index in [0.717, 1.165) is 33.3 Å². The number of thiazole rings is 1. The third-order valence-electron chi connectivity index (χ3n) is 5.55. The van der Waals surface area contributed by atoms with Gasteiger partial charge >= 0.3 is 0 Å². The molecular weight excluding hydrogens is 468 g/mol. The maximum atomic E-state index is 13.2. The summed E-state index contributed by atoms with van der Waals surface area (Å²) in [7, 11) is 0. The van der Waals surface area contributed by atoms with Crippen molar-refractivity contribution >= 4 is 45.0 Å². The average molecular weight is 491 g/mol. The minimum absolute atomic E-state index is 0.0616. The molecule has 2 aromatic heterocycles. The summed E-state index contributed by atoms with van der Waals surface area (Å²) in [6, 6.07) is 17.3. The topological polar surface area (TPSA) is 52.8 Å². The lowest BCUT2D eigenvalue weighted by Crippen LogP contribution is -2.22. The van der Waals surface area contributed by atoms with Crippen LogP contribution < -0.4 is 19.6 Å². The fourth-order valence-corrected chi connectivity index (χ4v) is 5.11. The number of fused-ring (bicyclic) bond motifs is 3. The number of aryl methyl sites for hydroxylation is 2. The fourth-order valence-electron chi connectivity index (χ4n) is 4.01. The van der Waals surface area contributed by atoms with Crippen LogP contribution in [0.1, 0.15) is 29.2 Å². The van der Waals surface area contributed by atoms with Crippen LogP contribution in [0.5, 0.6) is 11.5 Å². The first-order valence-electron chi connectivity index (χ1n) is 11.0. The predicted molar refractivity (Wildman–Crippen MR) is 138 cm³/mol. The number of hydrogen-bond donors (Lipinski definition) is 0. The highest BCUT2D eigenvalue weighted by molar-refractivity contribution is 7.15. The van der Waals surface area contributed by atoms with Crippen molar-refractivity contribution in [2.45, 2.75) is 27.4 Å². The van der Waals surface area contributed by atoms with Gasteiger partial charge < -0.3 is 9.47 Å². The molecule has 0 aliphatic rings. The van der Waals surface area contributed by atoms with Crippen molar-refractivity contribution in [3.63, 3.8) is 0 Å². The lowest BCUT2D eigenvalue weighted by atomic mass is 10.1. The van der Waals surface area contributed by atoms with Crippen molar-refractivity contribution in [1.29, 1.82) is 0 Å². The van der Waals surface area contributed by atoms with Gasteiger partial charge in [0.2, 0.25) is 0 Å². The van der Waals surface area contributed by atoms with Crippen LogP contribution in [0.25, 0.3) is 22.1 Å². The molecule has 34 heavy (non-hydrogen) atoms. The molecule has 0 radical (unpaired) electrons. The Bertz CT molecular complexity index is 1620. The van der Waals surface area contributed by atoms with Crippen LogP contribution in [-0.2, 0) is 6.61 Å². The van der Waals surface area contributed by atoms with E-state index in [9.17, 15) is 4.79 Å². The minimum atomic E-state index is -0.0616. The summed E-state index contributed by atoms with van der Waals surface area (Å²) in [5.41, 5.74) is 5.73. The molecule has 0 bridgehead atoms. The van der Waals surface area contributed by atoms with Gasteiger partial charge in [-0.3, -0.25) is 4.79 Å². The summed E-state index contributed by atoms with van der Waals surface area (Å²) in [5, 5.41) is 0.690. The molecule has 0 aliphatic carbocycles. The number of hydrogen-bond acceptors (Lipinski definition) is 5. The van der Waals surface area contributed by atoms with E-state index in [4.69, 9.17) is 26.1 Å². The molecular formula is C27H23ClN2O3S. The third kappa shape index (κ3) is 4.27. The standard InChI is InChI=1S/C27H23ClN2O3S/c1-4-32-23-13-19(7-10-22(23)33-15-18-5-8-20(28)9-6-18)14-24-26(31)30-21-12-16(2)11-17(3)25(21)29-27(30)34-24/h5-14H,4,15H2,1-3H3. The molecule has 0 aliphatic heterocycles. The zero-order chi connectivity index (χ0) is 23.8. The zero-order valence-electron chi connectivity index (χ0n) is 19.1. The van der Waals surface area contributed by atoms with E-state index in [1.54, 1.807) is 4.40 Å². The van der Waals surface area contributed by atoms with Crippen molar-refractivity contribution < 1.29 is 9.47 Å². The normalized spacial score (nSPS) is 12.1. The number of ether oxygens (including phenoxy) is 2. The zero-order valence-corrected chi connectivity index (χ0v) is 20.7. The van der Waals surface area contributed by atoms with Crippen LogP contribution in [0.15, 0.2) is 59.4 Å². The first-order chi connectivity index (χ1) is 16.4. The molecule has 0 atom stereocenters. The molecule has 7 heteroatoms. The highest BCUT2D eigenvalue weighted by atomic mass is 35.5. The van der Waals surface area contributed by atoms with Crippen molar-refractivity contribution in [2.75, 3.05) is 6.61 Å². The minimum Gasteiger partial charge on any atom is -0.490 e. The van der Waals surface area contributed by atoms with E-state index in [1.807, 2.05) is 75.4 Å². The van der Waals surface area contributed by atoms with Crippen LogP contribution >= 0.6 is 22.9 Å². The number of halogens is 1. The van der Waals surface area contributed by atoms with Crippen LogP contribution in [-0.4, -0.2) is 16.0 Å². The third-order valence-corrected chi connectivity index (χ3v) is 6.77. The number of rotatable bonds is 6. The van der Waals surface area contributed by atoms with E-state index in [1.165, 1.54) is 11.3 Å². The second kappa shape index (κ2) is 9.12. The fraction of sp³-hybridized carbons (Fsp3) is 0.185. The van der Waals surface area contributed by atoms with Gasteiger partial charge in [0.25, 0.3) is 5.56 Å². The number of imidazole rings is 1. The molecule has 5 rings (SSSR count). The van der Waals surface area contributed by atoms with Crippen LogP contribution in [0.2, 0.25) is 5.02 Å². The van der Waals surface area contributed by atoms with Crippen molar-refractivity contribution in [1.82, 2.24) is 9.38 Å². The highest BCUT2D eigenvalue weighted by Gasteiger charge is 2.14. The van der Waals surface area contributed by atoms with E-state index in [2.05, 4.69) is 6.07 Å². The summed E-state index contributed by atoms with van der Waals surface area (Å²) < 4.78 is 14.2. The van der Waals surface area contributed by atoms with Crippen LogP contribution in [0.4, 0.5) is 0 Å². The van der Waals surface area contributed by atoms with Gasteiger partial charge in [-0.15, -0.1) is 0 Å². The highest BCUT2D eigenvalue weighted by Crippen LogP contribution is 2.30. The van der Waals surface area contributed by atoms with E-state index >= 15 is 0 Å². The van der Waals surface area contributed by atoms with Gasteiger partial charge in [-0.1, -0.05) is 47.2 Å². The molecule has 2 heterocycles. The molecule has 0 unspecified atom stereocenters. The lowest BCUT2D eigenvalue weighted by Gasteiger charge is -2.12. The SMILES string of the molecule is CCOc1cc(C=c2sc3nc4c(C)cc(C)cc4n3c2=O)ccc1OCc1ccc(Cl)cc1. The molecule has 0 N–H and O–H groups in total. The maximum Gasteiger partial charge on any atom is 0.274 e. The van der Waals surface area contributed by atoms with Gasteiger partial charge in [0, 0.05) is 5.02 Å². The Morgan fingerprint density at radius 3 is 2.59 bits per heavy atom. The molecule has 172 valence electrons.